The monoisotopic (exact) mass is 304 g/mol. The van der Waals surface area contributed by atoms with E-state index < -0.39 is 0 Å². The third-order valence-corrected chi connectivity index (χ3v) is 4.93. The van der Waals surface area contributed by atoms with Crippen molar-refractivity contribution in [2.45, 2.75) is 38.9 Å². The van der Waals surface area contributed by atoms with Crippen LogP contribution < -0.4 is 5.32 Å². The minimum Gasteiger partial charge on any atom is -0.309 e. The van der Waals surface area contributed by atoms with E-state index in [1.54, 1.807) is 11.8 Å². The lowest BCUT2D eigenvalue weighted by molar-refractivity contribution is 0.604. The van der Waals surface area contributed by atoms with Crippen molar-refractivity contribution >= 4 is 11.8 Å². The number of aromatic nitrogens is 3. The molecule has 1 atom stereocenters. The van der Waals surface area contributed by atoms with Crippen LogP contribution in [0.2, 0.25) is 0 Å². The molecule has 21 heavy (non-hydrogen) atoms. The first-order valence-corrected chi connectivity index (χ1v) is 8.30. The van der Waals surface area contributed by atoms with E-state index in [2.05, 4.69) is 54.5 Å². The first kappa shape index (κ1) is 16.0. The van der Waals surface area contributed by atoms with Crippen LogP contribution in [-0.2, 0) is 7.05 Å². The molecule has 1 aromatic heterocycles. The third-order valence-electron chi connectivity index (χ3n) is 3.82. The molecule has 0 saturated carbocycles. The number of rotatable bonds is 6. The SMILES string of the molecule is CCNC(CSc1nnc(C)n1C)c1ccc(C)c(C)c1. The van der Waals surface area contributed by atoms with E-state index in [0.29, 0.717) is 6.04 Å². The van der Waals surface area contributed by atoms with Crippen molar-refractivity contribution in [3.8, 4) is 0 Å². The zero-order valence-corrected chi connectivity index (χ0v) is 14.3. The van der Waals surface area contributed by atoms with Gasteiger partial charge in [-0.1, -0.05) is 36.9 Å². The largest absolute Gasteiger partial charge is 0.309 e. The van der Waals surface area contributed by atoms with Gasteiger partial charge in [0, 0.05) is 18.8 Å². The summed E-state index contributed by atoms with van der Waals surface area (Å²) in [7, 11) is 2.01. The summed E-state index contributed by atoms with van der Waals surface area (Å²) in [5.74, 6) is 1.89. The summed E-state index contributed by atoms with van der Waals surface area (Å²) in [6.45, 7) is 9.39. The molecule has 1 unspecified atom stereocenters. The molecule has 5 heteroatoms. The van der Waals surface area contributed by atoms with Crippen LogP contribution in [0.4, 0.5) is 0 Å². The molecule has 0 fully saturated rings. The smallest absolute Gasteiger partial charge is 0.191 e. The molecule has 4 nitrogen and oxygen atoms in total. The Morgan fingerprint density at radius 3 is 2.52 bits per heavy atom. The van der Waals surface area contributed by atoms with Gasteiger partial charge in [-0.3, -0.25) is 0 Å². The molecule has 1 aromatic carbocycles. The first-order valence-electron chi connectivity index (χ1n) is 7.32. The average molecular weight is 304 g/mol. The highest BCUT2D eigenvalue weighted by Crippen LogP contribution is 2.25. The standard InChI is InChI=1S/C16H24N4S/c1-6-17-15(14-8-7-11(2)12(3)9-14)10-21-16-19-18-13(4)20(16)5/h7-9,15,17H,6,10H2,1-5H3. The number of hydrogen-bond acceptors (Lipinski definition) is 4. The Balaban J connectivity index is 2.11. The highest BCUT2D eigenvalue weighted by atomic mass is 32.2. The van der Waals surface area contributed by atoms with Crippen molar-refractivity contribution in [2.24, 2.45) is 7.05 Å². The second kappa shape index (κ2) is 7.09. The Bertz CT molecular complexity index is 606. The van der Waals surface area contributed by atoms with Crippen molar-refractivity contribution in [1.29, 1.82) is 0 Å². The lowest BCUT2D eigenvalue weighted by Crippen LogP contribution is -2.23. The van der Waals surface area contributed by atoms with Gasteiger partial charge in [0.15, 0.2) is 5.16 Å². The summed E-state index contributed by atoms with van der Waals surface area (Å²) in [4.78, 5) is 0. The molecule has 1 N–H and O–H groups in total. The van der Waals surface area contributed by atoms with Crippen LogP contribution in [0.1, 0.15) is 35.5 Å². The predicted octanol–water partition coefficient (Wildman–Crippen LogP) is 3.18. The number of thioether (sulfide) groups is 1. The van der Waals surface area contributed by atoms with Gasteiger partial charge in [-0.05, 0) is 44.0 Å². The molecule has 2 rings (SSSR count). The van der Waals surface area contributed by atoms with Crippen molar-refractivity contribution in [3.05, 3.63) is 40.7 Å². The maximum Gasteiger partial charge on any atom is 0.191 e. The van der Waals surface area contributed by atoms with Crippen LogP contribution in [0.25, 0.3) is 0 Å². The lowest BCUT2D eigenvalue weighted by atomic mass is 10.0. The maximum atomic E-state index is 4.22. The molecule has 0 bridgehead atoms. The summed E-state index contributed by atoms with van der Waals surface area (Å²) in [6.07, 6.45) is 0. The fourth-order valence-electron chi connectivity index (χ4n) is 2.17. The van der Waals surface area contributed by atoms with Crippen LogP contribution in [0.3, 0.4) is 0 Å². The Morgan fingerprint density at radius 2 is 1.95 bits per heavy atom. The Kier molecular flexibility index (Phi) is 5.42. The van der Waals surface area contributed by atoms with Gasteiger partial charge in [0.2, 0.25) is 0 Å². The molecule has 0 radical (unpaired) electrons. The fraction of sp³-hybridized carbons (Fsp3) is 0.500. The molecular formula is C16H24N4S. The van der Waals surface area contributed by atoms with E-state index in [1.807, 2.05) is 18.5 Å². The second-order valence-electron chi connectivity index (χ2n) is 5.35. The highest BCUT2D eigenvalue weighted by molar-refractivity contribution is 7.99. The summed E-state index contributed by atoms with van der Waals surface area (Å²) in [6, 6.07) is 7.03. The number of nitrogens with zero attached hydrogens (tertiary/aromatic N) is 3. The van der Waals surface area contributed by atoms with Gasteiger partial charge in [-0.25, -0.2) is 0 Å². The average Bonchev–Trinajstić information content (AvgIpc) is 2.78. The molecule has 0 amide bonds. The maximum absolute atomic E-state index is 4.22. The van der Waals surface area contributed by atoms with E-state index in [-0.39, 0.29) is 0 Å². The molecule has 0 aliphatic rings. The van der Waals surface area contributed by atoms with Crippen molar-refractivity contribution < 1.29 is 0 Å². The minimum atomic E-state index is 0.330. The van der Waals surface area contributed by atoms with E-state index >= 15 is 0 Å². The van der Waals surface area contributed by atoms with Gasteiger partial charge in [0.05, 0.1) is 0 Å². The lowest BCUT2D eigenvalue weighted by Gasteiger charge is -2.19. The summed E-state index contributed by atoms with van der Waals surface area (Å²) in [5, 5.41) is 12.9. The molecule has 0 spiro atoms. The van der Waals surface area contributed by atoms with E-state index in [0.717, 1.165) is 23.3 Å². The van der Waals surface area contributed by atoms with Crippen LogP contribution in [0.5, 0.6) is 0 Å². The Hall–Kier alpha value is -1.33. The van der Waals surface area contributed by atoms with E-state index in [1.165, 1.54) is 16.7 Å². The number of nitrogens with one attached hydrogen (secondary N) is 1. The molecule has 2 aromatic rings. The third kappa shape index (κ3) is 3.86. The van der Waals surface area contributed by atoms with Gasteiger partial charge >= 0.3 is 0 Å². The topological polar surface area (TPSA) is 42.7 Å². The predicted molar refractivity (Wildman–Crippen MR) is 88.8 cm³/mol. The van der Waals surface area contributed by atoms with Crippen LogP contribution in [0, 0.1) is 20.8 Å². The second-order valence-corrected chi connectivity index (χ2v) is 6.34. The Labute approximate surface area is 131 Å². The van der Waals surface area contributed by atoms with Gasteiger partial charge in [-0.2, -0.15) is 0 Å². The van der Waals surface area contributed by atoms with Gasteiger partial charge < -0.3 is 9.88 Å². The van der Waals surface area contributed by atoms with E-state index in [4.69, 9.17) is 0 Å². The van der Waals surface area contributed by atoms with Crippen molar-refractivity contribution in [3.63, 3.8) is 0 Å². The quantitative estimate of drug-likeness (QED) is 0.832. The van der Waals surface area contributed by atoms with Gasteiger partial charge in [0.1, 0.15) is 5.82 Å². The zero-order valence-electron chi connectivity index (χ0n) is 13.5. The molecule has 1 heterocycles. The normalized spacial score (nSPS) is 12.6. The first-order chi connectivity index (χ1) is 10.0. The summed E-state index contributed by atoms with van der Waals surface area (Å²) >= 11 is 1.75. The van der Waals surface area contributed by atoms with Crippen LogP contribution in [-0.4, -0.2) is 27.1 Å². The number of aryl methyl sites for hydroxylation is 3. The zero-order chi connectivity index (χ0) is 15.4. The summed E-state index contributed by atoms with van der Waals surface area (Å²) < 4.78 is 2.04. The van der Waals surface area contributed by atoms with Crippen LogP contribution >= 0.6 is 11.8 Å². The summed E-state index contributed by atoms with van der Waals surface area (Å²) in [5.41, 5.74) is 4.02. The minimum absolute atomic E-state index is 0.330. The van der Waals surface area contributed by atoms with E-state index in [9.17, 15) is 0 Å². The van der Waals surface area contributed by atoms with Gasteiger partial charge in [0.25, 0.3) is 0 Å². The molecule has 0 aliphatic heterocycles. The molecule has 0 aliphatic carbocycles. The fourth-order valence-corrected chi connectivity index (χ4v) is 3.22. The van der Waals surface area contributed by atoms with Crippen LogP contribution in [0.15, 0.2) is 23.4 Å². The van der Waals surface area contributed by atoms with Gasteiger partial charge in [-0.15, -0.1) is 10.2 Å². The van der Waals surface area contributed by atoms with Crippen molar-refractivity contribution in [1.82, 2.24) is 20.1 Å². The highest BCUT2D eigenvalue weighted by Gasteiger charge is 2.14. The Morgan fingerprint density at radius 1 is 1.19 bits per heavy atom. The number of benzene rings is 1. The molecule has 0 saturated heterocycles. The molecular weight excluding hydrogens is 280 g/mol. The van der Waals surface area contributed by atoms with Crippen molar-refractivity contribution in [2.75, 3.05) is 12.3 Å². The molecule has 114 valence electrons. The number of hydrogen-bond donors (Lipinski definition) is 1.